The lowest BCUT2D eigenvalue weighted by Gasteiger charge is -2.28. The van der Waals surface area contributed by atoms with Crippen molar-refractivity contribution in [1.29, 1.82) is 0 Å². The van der Waals surface area contributed by atoms with Crippen molar-refractivity contribution in [2.75, 3.05) is 13.1 Å². The quantitative estimate of drug-likeness (QED) is 0.768. The molecule has 2 unspecified atom stereocenters. The largest absolute Gasteiger partial charge is 0.402 e. The van der Waals surface area contributed by atoms with E-state index in [1.165, 1.54) is 0 Å². The molecule has 1 aliphatic rings. The number of carbonyl (C=O) groups is 1. The number of unbranched alkanes of at least 4 members (excludes halogenated alkanes) is 1. The van der Waals surface area contributed by atoms with Gasteiger partial charge in [0.15, 0.2) is 0 Å². The summed E-state index contributed by atoms with van der Waals surface area (Å²) in [5.41, 5.74) is 7.01. The summed E-state index contributed by atoms with van der Waals surface area (Å²) < 4.78 is 0. The first-order valence-corrected chi connectivity index (χ1v) is 7.86. The molecule has 1 rings (SSSR count). The monoisotopic (exact) mass is 266 g/mol. The average Bonchev–Trinajstić information content (AvgIpc) is 2.92. The van der Waals surface area contributed by atoms with Gasteiger partial charge in [0.2, 0.25) is 5.91 Å². The van der Waals surface area contributed by atoms with Crippen LogP contribution in [0.3, 0.4) is 0 Å². The Morgan fingerprint density at radius 3 is 2.47 bits per heavy atom. The molecule has 3 heteroatoms. The van der Waals surface area contributed by atoms with Crippen LogP contribution in [0.25, 0.3) is 0 Å². The minimum absolute atomic E-state index is 0.0702. The zero-order valence-corrected chi connectivity index (χ0v) is 12.8. The lowest BCUT2D eigenvalue weighted by atomic mass is 9.85. The van der Waals surface area contributed by atoms with Gasteiger partial charge in [-0.3, -0.25) is 4.79 Å². The number of carbonyl (C=O) groups excluding carboxylic acids is 1. The highest BCUT2D eigenvalue weighted by atomic mass is 16.2. The predicted molar refractivity (Wildman–Crippen MR) is 80.6 cm³/mol. The average molecular weight is 266 g/mol. The van der Waals surface area contributed by atoms with E-state index in [4.69, 9.17) is 5.73 Å². The van der Waals surface area contributed by atoms with Crippen molar-refractivity contribution >= 4 is 5.91 Å². The summed E-state index contributed by atoms with van der Waals surface area (Å²) >= 11 is 0. The summed E-state index contributed by atoms with van der Waals surface area (Å²) in [5.74, 6) is 0.561. The van der Waals surface area contributed by atoms with Gasteiger partial charge in [0.1, 0.15) is 0 Å². The molecule has 0 bridgehead atoms. The molecule has 1 aliphatic heterocycles. The van der Waals surface area contributed by atoms with Crippen molar-refractivity contribution in [1.82, 2.24) is 4.90 Å². The molecule has 0 aromatic heterocycles. The van der Waals surface area contributed by atoms with Crippen molar-refractivity contribution in [2.24, 2.45) is 17.6 Å². The molecule has 2 atom stereocenters. The van der Waals surface area contributed by atoms with Crippen molar-refractivity contribution in [3.8, 4) is 0 Å². The van der Waals surface area contributed by atoms with Crippen LogP contribution < -0.4 is 5.73 Å². The van der Waals surface area contributed by atoms with Gasteiger partial charge < -0.3 is 10.6 Å². The highest BCUT2D eigenvalue weighted by Gasteiger charge is 2.30. The van der Waals surface area contributed by atoms with Crippen LogP contribution in [0, 0.1) is 11.8 Å². The van der Waals surface area contributed by atoms with Gasteiger partial charge in [-0.25, -0.2) is 0 Å². The Kier molecular flexibility index (Phi) is 6.96. The number of nitrogens with two attached hydrogens (primary N) is 1. The third kappa shape index (κ3) is 4.55. The molecule has 19 heavy (non-hydrogen) atoms. The number of amides is 1. The molecule has 1 heterocycles. The SMILES string of the molecule is CC/C=C(\N)C(C)C(CCCC)C(=O)N1CCCC1. The summed E-state index contributed by atoms with van der Waals surface area (Å²) in [6.45, 7) is 8.24. The molecule has 2 N–H and O–H groups in total. The van der Waals surface area contributed by atoms with Crippen LogP contribution in [0.2, 0.25) is 0 Å². The van der Waals surface area contributed by atoms with E-state index in [1.54, 1.807) is 0 Å². The fraction of sp³-hybridized carbons (Fsp3) is 0.812. The molecular weight excluding hydrogens is 236 g/mol. The first-order chi connectivity index (χ1) is 9.11. The van der Waals surface area contributed by atoms with E-state index in [0.29, 0.717) is 5.91 Å². The minimum atomic E-state index is 0.0702. The van der Waals surface area contributed by atoms with Crippen LogP contribution >= 0.6 is 0 Å². The minimum Gasteiger partial charge on any atom is -0.402 e. The van der Waals surface area contributed by atoms with Crippen LogP contribution in [0.1, 0.15) is 59.3 Å². The number of hydrogen-bond acceptors (Lipinski definition) is 2. The zero-order valence-electron chi connectivity index (χ0n) is 12.8. The Labute approximate surface area is 118 Å². The summed E-state index contributed by atoms with van der Waals surface area (Å²) in [5, 5.41) is 0. The Morgan fingerprint density at radius 2 is 1.95 bits per heavy atom. The van der Waals surface area contributed by atoms with Crippen LogP contribution in [0.5, 0.6) is 0 Å². The first-order valence-electron chi connectivity index (χ1n) is 7.86. The maximum Gasteiger partial charge on any atom is 0.226 e. The number of hydrogen-bond donors (Lipinski definition) is 1. The van der Waals surface area contributed by atoms with Gasteiger partial charge in [-0.1, -0.05) is 39.7 Å². The van der Waals surface area contributed by atoms with Gasteiger partial charge in [0.25, 0.3) is 0 Å². The fourth-order valence-electron chi connectivity index (χ4n) is 2.84. The second-order valence-corrected chi connectivity index (χ2v) is 5.68. The molecule has 0 spiro atoms. The first kappa shape index (κ1) is 16.1. The van der Waals surface area contributed by atoms with Gasteiger partial charge in [-0.05, 0) is 25.7 Å². The van der Waals surface area contributed by atoms with E-state index in [1.807, 2.05) is 4.90 Å². The summed E-state index contributed by atoms with van der Waals surface area (Å²) in [4.78, 5) is 14.7. The van der Waals surface area contributed by atoms with Crippen LogP contribution in [0.15, 0.2) is 11.8 Å². The van der Waals surface area contributed by atoms with Gasteiger partial charge >= 0.3 is 0 Å². The molecule has 0 aromatic rings. The maximum atomic E-state index is 12.6. The molecule has 0 saturated carbocycles. The Bertz CT molecular complexity index is 306. The number of rotatable bonds is 7. The van der Waals surface area contributed by atoms with Crippen molar-refractivity contribution in [3.05, 3.63) is 11.8 Å². The van der Waals surface area contributed by atoms with E-state index in [-0.39, 0.29) is 11.8 Å². The highest BCUT2D eigenvalue weighted by molar-refractivity contribution is 5.79. The van der Waals surface area contributed by atoms with Gasteiger partial charge in [-0.15, -0.1) is 0 Å². The van der Waals surface area contributed by atoms with Crippen LogP contribution in [0.4, 0.5) is 0 Å². The number of nitrogens with zero attached hydrogens (tertiary/aromatic N) is 1. The zero-order chi connectivity index (χ0) is 14.3. The standard InChI is InChI=1S/C16H30N2O/c1-4-6-10-14(13(3)15(17)9-5-2)16(19)18-11-7-8-12-18/h9,13-14H,4-8,10-12,17H2,1-3H3/b15-9-. The molecule has 1 fully saturated rings. The number of likely N-dealkylation sites (tertiary alicyclic amines) is 1. The molecule has 0 aliphatic carbocycles. The summed E-state index contributed by atoms with van der Waals surface area (Å²) in [6.07, 6.45) is 8.50. The van der Waals surface area contributed by atoms with Crippen molar-refractivity contribution in [3.63, 3.8) is 0 Å². The Balaban J connectivity index is 2.74. The van der Waals surface area contributed by atoms with E-state index in [2.05, 4.69) is 26.8 Å². The predicted octanol–water partition coefficient (Wildman–Crippen LogP) is 3.30. The van der Waals surface area contributed by atoms with Gasteiger partial charge in [0.05, 0.1) is 0 Å². The Morgan fingerprint density at radius 1 is 1.32 bits per heavy atom. The molecule has 1 amide bonds. The normalized spacial score (nSPS) is 19.5. The molecule has 1 saturated heterocycles. The highest BCUT2D eigenvalue weighted by Crippen LogP contribution is 2.26. The molecule has 0 aromatic carbocycles. The van der Waals surface area contributed by atoms with Crippen LogP contribution in [-0.4, -0.2) is 23.9 Å². The third-order valence-corrected chi connectivity index (χ3v) is 4.17. The molecule has 3 nitrogen and oxygen atoms in total. The molecular formula is C16H30N2O. The van der Waals surface area contributed by atoms with Gasteiger partial charge in [-0.2, -0.15) is 0 Å². The Hall–Kier alpha value is -0.990. The summed E-state index contributed by atoms with van der Waals surface area (Å²) in [7, 11) is 0. The van der Waals surface area contributed by atoms with Crippen molar-refractivity contribution in [2.45, 2.75) is 59.3 Å². The van der Waals surface area contributed by atoms with E-state index in [9.17, 15) is 4.79 Å². The maximum absolute atomic E-state index is 12.6. The number of allylic oxidation sites excluding steroid dienone is 2. The lowest BCUT2D eigenvalue weighted by Crippen LogP contribution is -2.38. The van der Waals surface area contributed by atoms with Gasteiger partial charge in [0, 0.05) is 30.6 Å². The van der Waals surface area contributed by atoms with E-state index in [0.717, 1.165) is 57.3 Å². The second kappa shape index (κ2) is 8.23. The van der Waals surface area contributed by atoms with Crippen LogP contribution in [-0.2, 0) is 4.79 Å². The summed E-state index contributed by atoms with van der Waals surface area (Å²) in [6, 6.07) is 0. The van der Waals surface area contributed by atoms with E-state index < -0.39 is 0 Å². The van der Waals surface area contributed by atoms with Crippen molar-refractivity contribution < 1.29 is 4.79 Å². The van der Waals surface area contributed by atoms with E-state index >= 15 is 0 Å². The topological polar surface area (TPSA) is 46.3 Å². The molecule has 0 radical (unpaired) electrons. The molecule has 110 valence electrons. The lowest BCUT2D eigenvalue weighted by molar-refractivity contribution is -0.136. The third-order valence-electron chi connectivity index (χ3n) is 4.17. The smallest absolute Gasteiger partial charge is 0.226 e. The fourth-order valence-corrected chi connectivity index (χ4v) is 2.84. The second-order valence-electron chi connectivity index (χ2n) is 5.68.